The van der Waals surface area contributed by atoms with Gasteiger partial charge in [0, 0.05) is 17.4 Å². The van der Waals surface area contributed by atoms with E-state index in [4.69, 9.17) is 0 Å². The van der Waals surface area contributed by atoms with Crippen LogP contribution in [0.2, 0.25) is 0 Å². The van der Waals surface area contributed by atoms with E-state index in [9.17, 15) is 18.0 Å². The average molecular weight is 433 g/mol. The smallest absolute Gasteiger partial charge is 0.237 e. The van der Waals surface area contributed by atoms with Gasteiger partial charge in [-0.2, -0.15) is 0 Å². The maximum absolute atomic E-state index is 12.8. The van der Waals surface area contributed by atoms with Crippen molar-refractivity contribution in [1.82, 2.24) is 5.32 Å². The van der Waals surface area contributed by atoms with Crippen molar-refractivity contribution in [3.63, 3.8) is 0 Å². The van der Waals surface area contributed by atoms with Crippen LogP contribution in [0.15, 0.2) is 52.3 Å². The molecule has 1 aliphatic heterocycles. The Kier molecular flexibility index (Phi) is 6.33. The molecule has 154 valence electrons. The predicted octanol–water partition coefficient (Wildman–Crippen LogP) is 3.15. The number of hydrogen-bond acceptors (Lipinski definition) is 5. The number of amides is 2. The first kappa shape index (κ1) is 21.4. The number of carbonyl (C=O) groups excluding carboxylic acids is 2. The van der Waals surface area contributed by atoms with Crippen molar-refractivity contribution in [2.75, 3.05) is 11.1 Å². The second-order valence-electron chi connectivity index (χ2n) is 7.29. The van der Waals surface area contributed by atoms with Crippen molar-refractivity contribution in [2.24, 2.45) is 5.92 Å². The van der Waals surface area contributed by atoms with Gasteiger partial charge < -0.3 is 10.6 Å². The molecule has 0 radical (unpaired) electrons. The maximum atomic E-state index is 12.8. The summed E-state index contributed by atoms with van der Waals surface area (Å²) in [5.41, 5.74) is 2.58. The number of rotatable bonds is 6. The summed E-state index contributed by atoms with van der Waals surface area (Å²) in [5, 5.41) is 5.31. The van der Waals surface area contributed by atoms with E-state index in [1.54, 1.807) is 19.9 Å². The second-order valence-corrected chi connectivity index (χ2v) is 10.7. The first-order chi connectivity index (χ1) is 13.7. The van der Waals surface area contributed by atoms with Gasteiger partial charge in [0.05, 0.1) is 21.6 Å². The predicted molar refractivity (Wildman–Crippen MR) is 115 cm³/mol. The third-order valence-corrected chi connectivity index (χ3v) is 7.83. The van der Waals surface area contributed by atoms with Gasteiger partial charge in [-0.3, -0.25) is 9.59 Å². The maximum Gasteiger partial charge on any atom is 0.237 e. The van der Waals surface area contributed by atoms with Crippen molar-refractivity contribution in [2.45, 2.75) is 42.4 Å². The zero-order chi connectivity index (χ0) is 21.2. The zero-order valence-electron chi connectivity index (χ0n) is 16.6. The highest BCUT2D eigenvalue weighted by Crippen LogP contribution is 2.37. The molecule has 2 atom stereocenters. The highest BCUT2D eigenvalue weighted by Gasteiger charge is 2.27. The van der Waals surface area contributed by atoms with E-state index in [0.717, 1.165) is 16.0 Å². The molecule has 2 N–H and O–H groups in total. The van der Waals surface area contributed by atoms with Gasteiger partial charge in [0.2, 0.25) is 11.8 Å². The van der Waals surface area contributed by atoms with Crippen LogP contribution in [0.4, 0.5) is 5.69 Å². The minimum Gasteiger partial charge on any atom is -0.352 e. The van der Waals surface area contributed by atoms with E-state index in [-0.39, 0.29) is 27.7 Å². The van der Waals surface area contributed by atoms with Crippen molar-refractivity contribution in [3.8, 4) is 0 Å². The zero-order valence-corrected chi connectivity index (χ0v) is 18.2. The summed E-state index contributed by atoms with van der Waals surface area (Å²) in [4.78, 5) is 25.2. The lowest BCUT2D eigenvalue weighted by molar-refractivity contribution is -0.124. The Morgan fingerprint density at radius 1 is 1.21 bits per heavy atom. The molecular formula is C21H24N2O4S2. The lowest BCUT2D eigenvalue weighted by atomic mass is 10.1. The summed E-state index contributed by atoms with van der Waals surface area (Å²) in [5.74, 6) is -1.47. The molecular weight excluding hydrogens is 408 g/mol. The number of fused-ring (bicyclic) bond motifs is 1. The lowest BCUT2D eigenvalue weighted by Crippen LogP contribution is -2.32. The summed E-state index contributed by atoms with van der Waals surface area (Å²) in [7, 11) is -3.68. The van der Waals surface area contributed by atoms with Gasteiger partial charge in [0.15, 0.2) is 9.84 Å². The molecule has 0 bridgehead atoms. The molecule has 8 heteroatoms. The van der Waals surface area contributed by atoms with Crippen LogP contribution in [-0.4, -0.2) is 31.2 Å². The van der Waals surface area contributed by atoms with Crippen LogP contribution in [0.25, 0.3) is 0 Å². The largest absolute Gasteiger partial charge is 0.352 e. The van der Waals surface area contributed by atoms with Gasteiger partial charge >= 0.3 is 0 Å². The molecule has 2 aromatic rings. The van der Waals surface area contributed by atoms with Gasteiger partial charge in [-0.1, -0.05) is 36.8 Å². The van der Waals surface area contributed by atoms with Crippen LogP contribution < -0.4 is 10.6 Å². The lowest BCUT2D eigenvalue weighted by Gasteiger charge is -2.22. The van der Waals surface area contributed by atoms with E-state index in [1.807, 2.05) is 31.2 Å². The third-order valence-electron chi connectivity index (χ3n) is 4.75. The van der Waals surface area contributed by atoms with Crippen molar-refractivity contribution < 1.29 is 18.0 Å². The molecule has 2 aromatic carbocycles. The standard InChI is InChI=1S/C21H24N2O4S2/c1-13-4-6-16(7-5-13)11-22-20(24)14(2)12-29(26,27)17-8-9-19-18(10-17)23-21(25)15(3)28-19/h4-10,14-15H,11-12H2,1-3H3,(H,22,24)(H,23,25). The highest BCUT2D eigenvalue weighted by molar-refractivity contribution is 8.01. The van der Waals surface area contributed by atoms with E-state index < -0.39 is 15.8 Å². The minimum atomic E-state index is -3.68. The molecule has 0 fully saturated rings. The number of thioether (sulfide) groups is 1. The van der Waals surface area contributed by atoms with Crippen molar-refractivity contribution in [3.05, 3.63) is 53.6 Å². The summed E-state index contributed by atoms with van der Waals surface area (Å²) in [6.07, 6.45) is 0. The molecule has 3 rings (SSSR count). The van der Waals surface area contributed by atoms with Gasteiger partial charge in [0.25, 0.3) is 0 Å². The SMILES string of the molecule is Cc1ccc(CNC(=O)C(C)CS(=O)(=O)c2ccc3c(c2)NC(=O)C(C)S3)cc1. The Hall–Kier alpha value is -2.32. The molecule has 6 nitrogen and oxygen atoms in total. The van der Waals surface area contributed by atoms with Gasteiger partial charge in [-0.25, -0.2) is 8.42 Å². The molecule has 0 saturated carbocycles. The Balaban J connectivity index is 1.65. The molecule has 2 unspecified atom stereocenters. The molecule has 0 aromatic heterocycles. The van der Waals surface area contributed by atoms with Gasteiger partial charge in [-0.15, -0.1) is 11.8 Å². The first-order valence-electron chi connectivity index (χ1n) is 9.33. The van der Waals surface area contributed by atoms with Crippen LogP contribution in [0.1, 0.15) is 25.0 Å². The number of nitrogens with one attached hydrogen (secondary N) is 2. The first-order valence-corrected chi connectivity index (χ1v) is 11.9. The monoisotopic (exact) mass is 432 g/mol. The quantitative estimate of drug-likeness (QED) is 0.732. The minimum absolute atomic E-state index is 0.102. The molecule has 1 heterocycles. The molecule has 29 heavy (non-hydrogen) atoms. The highest BCUT2D eigenvalue weighted by atomic mass is 32.2. The Labute approximate surface area is 175 Å². The summed E-state index contributed by atoms with van der Waals surface area (Å²) in [6, 6.07) is 12.5. The molecule has 0 spiro atoms. The average Bonchev–Trinajstić information content (AvgIpc) is 2.67. The van der Waals surface area contributed by atoms with Gasteiger partial charge in [0.1, 0.15) is 0 Å². The number of carbonyl (C=O) groups is 2. The topological polar surface area (TPSA) is 92.3 Å². The number of anilines is 1. The Bertz CT molecular complexity index is 1030. The van der Waals surface area contributed by atoms with E-state index in [0.29, 0.717) is 12.2 Å². The van der Waals surface area contributed by atoms with Crippen molar-refractivity contribution in [1.29, 1.82) is 0 Å². The van der Waals surface area contributed by atoms with Crippen LogP contribution in [-0.2, 0) is 26.0 Å². The van der Waals surface area contributed by atoms with Crippen LogP contribution >= 0.6 is 11.8 Å². The molecule has 0 aliphatic carbocycles. The van der Waals surface area contributed by atoms with Crippen molar-refractivity contribution >= 4 is 39.1 Å². The molecule has 0 saturated heterocycles. The fourth-order valence-corrected chi connectivity index (χ4v) is 5.46. The summed E-state index contributed by atoms with van der Waals surface area (Å²) >= 11 is 1.39. The van der Waals surface area contributed by atoms with Gasteiger partial charge in [-0.05, 0) is 37.6 Å². The number of hydrogen-bond donors (Lipinski definition) is 2. The number of benzene rings is 2. The van der Waals surface area contributed by atoms with E-state index in [1.165, 1.54) is 23.9 Å². The number of sulfone groups is 1. The number of aryl methyl sites for hydroxylation is 1. The fourth-order valence-electron chi connectivity index (χ4n) is 2.95. The normalized spacial score (nSPS) is 17.2. The summed E-state index contributed by atoms with van der Waals surface area (Å²) in [6.45, 7) is 5.73. The van der Waals surface area contributed by atoms with Crippen LogP contribution in [0.3, 0.4) is 0 Å². The fraction of sp³-hybridized carbons (Fsp3) is 0.333. The Morgan fingerprint density at radius 2 is 1.90 bits per heavy atom. The van der Waals surface area contributed by atoms with E-state index in [2.05, 4.69) is 10.6 Å². The van der Waals surface area contributed by atoms with Crippen LogP contribution in [0.5, 0.6) is 0 Å². The summed E-state index contributed by atoms with van der Waals surface area (Å²) < 4.78 is 25.6. The second kappa shape index (κ2) is 8.59. The molecule has 2 amide bonds. The Morgan fingerprint density at radius 3 is 2.59 bits per heavy atom. The van der Waals surface area contributed by atoms with Crippen LogP contribution in [0, 0.1) is 12.8 Å². The molecule has 1 aliphatic rings. The van der Waals surface area contributed by atoms with E-state index >= 15 is 0 Å². The third kappa shape index (κ3) is 5.19.